The number of aliphatic hydroxyl groups is 1. The topological polar surface area (TPSA) is 52.7 Å². The fourth-order valence-electron chi connectivity index (χ4n) is 1.09. The first kappa shape index (κ1) is 13.2. The number of likely N-dealkylation sites (N-methyl/N-ethyl adjacent to an activating group) is 1. The minimum absolute atomic E-state index is 0.704. The van der Waals surface area contributed by atoms with Crippen molar-refractivity contribution in [2.45, 2.75) is 19.6 Å². The number of aliphatic hydroxyl groups excluding tert-OH is 1. The maximum atomic E-state index is 9.46. The van der Waals surface area contributed by atoms with Crippen molar-refractivity contribution < 1.29 is 5.11 Å². The maximum Gasteiger partial charge on any atom is 0.159 e. The molecule has 3 N–H and O–H groups in total. The van der Waals surface area contributed by atoms with Gasteiger partial charge >= 0.3 is 0 Å². The van der Waals surface area contributed by atoms with Gasteiger partial charge in [-0.3, -0.25) is 5.01 Å². The van der Waals surface area contributed by atoms with E-state index in [0.29, 0.717) is 6.54 Å². The van der Waals surface area contributed by atoms with Crippen LogP contribution in [0.4, 0.5) is 0 Å². The van der Waals surface area contributed by atoms with Crippen LogP contribution in [0.3, 0.4) is 0 Å². The van der Waals surface area contributed by atoms with E-state index in [-0.39, 0.29) is 0 Å². The van der Waals surface area contributed by atoms with E-state index in [9.17, 15) is 5.11 Å². The van der Waals surface area contributed by atoms with Gasteiger partial charge in [0, 0.05) is 12.2 Å². The fourth-order valence-corrected chi connectivity index (χ4v) is 1.09. The van der Waals surface area contributed by atoms with Crippen LogP contribution < -0.4 is 5.84 Å². The van der Waals surface area contributed by atoms with Crippen LogP contribution in [0, 0.1) is 0 Å². The second-order valence-corrected chi connectivity index (χ2v) is 3.40. The summed E-state index contributed by atoms with van der Waals surface area (Å²) in [6.07, 6.45) is 3.46. The minimum Gasteiger partial charge on any atom is -0.369 e. The smallest absolute Gasteiger partial charge is 0.159 e. The van der Waals surface area contributed by atoms with Crippen molar-refractivity contribution in [3.63, 3.8) is 0 Å². The van der Waals surface area contributed by atoms with Gasteiger partial charge in [-0.05, 0) is 26.6 Å². The van der Waals surface area contributed by atoms with Crippen LogP contribution in [0.15, 0.2) is 24.4 Å². The third kappa shape index (κ3) is 4.41. The maximum absolute atomic E-state index is 9.46. The van der Waals surface area contributed by atoms with Gasteiger partial charge < -0.3 is 10.0 Å². The fraction of sp³-hybridized carbons (Fsp3) is 0.600. The molecule has 0 aromatic heterocycles. The monoisotopic (exact) mass is 199 g/mol. The van der Waals surface area contributed by atoms with E-state index in [1.54, 1.807) is 0 Å². The molecule has 0 aromatic rings. The Hall–Kier alpha value is -0.840. The molecule has 0 spiro atoms. The molecular weight excluding hydrogens is 178 g/mol. The van der Waals surface area contributed by atoms with Crippen LogP contribution in [-0.2, 0) is 0 Å². The van der Waals surface area contributed by atoms with Crippen molar-refractivity contribution in [3.05, 3.63) is 24.4 Å². The molecule has 4 nitrogen and oxygen atoms in total. The molecule has 0 saturated heterocycles. The minimum atomic E-state index is -0.826. The summed E-state index contributed by atoms with van der Waals surface area (Å²) in [5, 5.41) is 10.8. The summed E-state index contributed by atoms with van der Waals surface area (Å²) in [6, 6.07) is 0. The number of nitrogens with two attached hydrogens (primary N) is 1. The summed E-state index contributed by atoms with van der Waals surface area (Å²) in [4.78, 5) is 2.00. The van der Waals surface area contributed by atoms with Crippen LogP contribution in [0.5, 0.6) is 0 Å². The van der Waals surface area contributed by atoms with Gasteiger partial charge in [-0.15, -0.1) is 0 Å². The first-order valence-corrected chi connectivity index (χ1v) is 4.71. The molecule has 0 rings (SSSR count). The van der Waals surface area contributed by atoms with Crippen LogP contribution in [0.2, 0.25) is 0 Å². The second kappa shape index (κ2) is 6.59. The van der Waals surface area contributed by atoms with E-state index in [4.69, 9.17) is 5.84 Å². The molecule has 0 aliphatic heterocycles. The Labute approximate surface area is 86.3 Å². The van der Waals surface area contributed by atoms with E-state index < -0.39 is 6.23 Å². The number of allylic oxidation sites excluding steroid dienone is 1. The lowest BCUT2D eigenvalue weighted by Gasteiger charge is -2.27. The molecule has 0 saturated carbocycles. The molecule has 82 valence electrons. The van der Waals surface area contributed by atoms with Crippen LogP contribution in [-0.4, -0.2) is 41.9 Å². The summed E-state index contributed by atoms with van der Waals surface area (Å²) < 4.78 is 0. The van der Waals surface area contributed by atoms with E-state index in [1.165, 1.54) is 11.1 Å². The predicted molar refractivity (Wildman–Crippen MR) is 59.2 cm³/mol. The Morgan fingerprint density at radius 2 is 2.14 bits per heavy atom. The number of hydrogen-bond acceptors (Lipinski definition) is 4. The van der Waals surface area contributed by atoms with Gasteiger partial charge in [-0.2, -0.15) is 0 Å². The van der Waals surface area contributed by atoms with Crippen LogP contribution >= 0.6 is 0 Å². The van der Waals surface area contributed by atoms with Crippen LogP contribution in [0.25, 0.3) is 0 Å². The van der Waals surface area contributed by atoms with E-state index in [1.807, 2.05) is 32.0 Å². The van der Waals surface area contributed by atoms with Crippen molar-refractivity contribution in [3.8, 4) is 0 Å². The number of hydrazine groups is 1. The van der Waals surface area contributed by atoms with E-state index >= 15 is 0 Å². The summed E-state index contributed by atoms with van der Waals surface area (Å²) >= 11 is 0. The van der Waals surface area contributed by atoms with Crippen molar-refractivity contribution in [2.24, 2.45) is 5.84 Å². The highest BCUT2D eigenvalue weighted by atomic mass is 16.3. The SMILES string of the molecule is C=CC(O)N(N)/C(=C\CC)CN(C)C. The molecular formula is C10H21N3O. The van der Waals surface area contributed by atoms with Crippen molar-refractivity contribution in [1.29, 1.82) is 0 Å². The Bertz CT molecular complexity index is 202. The molecule has 0 aliphatic carbocycles. The summed E-state index contributed by atoms with van der Waals surface area (Å²) in [5.74, 6) is 5.72. The molecule has 0 heterocycles. The molecule has 0 radical (unpaired) electrons. The molecule has 0 aliphatic rings. The van der Waals surface area contributed by atoms with Crippen molar-refractivity contribution in [1.82, 2.24) is 9.91 Å². The average molecular weight is 199 g/mol. The molecule has 1 atom stereocenters. The Morgan fingerprint density at radius 1 is 1.57 bits per heavy atom. The zero-order valence-electron chi connectivity index (χ0n) is 9.27. The van der Waals surface area contributed by atoms with Gasteiger partial charge in [0.25, 0.3) is 0 Å². The molecule has 0 fully saturated rings. The largest absolute Gasteiger partial charge is 0.369 e. The van der Waals surface area contributed by atoms with Crippen LogP contribution in [0.1, 0.15) is 13.3 Å². The molecule has 0 aromatic carbocycles. The van der Waals surface area contributed by atoms with Gasteiger partial charge in [0.05, 0.1) is 0 Å². The number of nitrogens with zero attached hydrogens (tertiary/aromatic N) is 2. The number of rotatable bonds is 6. The Kier molecular flexibility index (Phi) is 6.19. The highest BCUT2D eigenvalue weighted by Gasteiger charge is 2.11. The molecule has 0 bridgehead atoms. The Balaban J connectivity index is 4.48. The lowest BCUT2D eigenvalue weighted by molar-refractivity contribution is 0.0638. The first-order chi connectivity index (χ1) is 6.52. The van der Waals surface area contributed by atoms with E-state index in [2.05, 4.69) is 6.58 Å². The van der Waals surface area contributed by atoms with Gasteiger partial charge in [0.15, 0.2) is 6.23 Å². The second-order valence-electron chi connectivity index (χ2n) is 3.40. The van der Waals surface area contributed by atoms with Gasteiger partial charge in [-0.25, -0.2) is 5.84 Å². The predicted octanol–water partition coefficient (Wildman–Crippen LogP) is 0.522. The standard InChI is InChI=1S/C10H21N3O/c1-5-7-9(8-12(3)4)13(11)10(14)6-2/h6-7,10,14H,2,5,8,11H2,1,3-4H3/b9-7-. The number of hydrogen-bond donors (Lipinski definition) is 2. The third-order valence-electron chi connectivity index (χ3n) is 1.75. The molecule has 0 amide bonds. The lowest BCUT2D eigenvalue weighted by Crippen LogP contribution is -2.41. The normalized spacial score (nSPS) is 14.3. The Morgan fingerprint density at radius 3 is 2.50 bits per heavy atom. The average Bonchev–Trinajstić information content (AvgIpc) is 2.14. The van der Waals surface area contributed by atoms with Gasteiger partial charge in [0.2, 0.25) is 0 Å². The molecule has 4 heteroatoms. The highest BCUT2D eigenvalue weighted by molar-refractivity contribution is 5.04. The zero-order valence-corrected chi connectivity index (χ0v) is 9.27. The first-order valence-electron chi connectivity index (χ1n) is 4.71. The summed E-state index contributed by atoms with van der Waals surface area (Å²) in [5.41, 5.74) is 0.893. The van der Waals surface area contributed by atoms with E-state index in [0.717, 1.165) is 12.1 Å². The van der Waals surface area contributed by atoms with Gasteiger partial charge in [0.1, 0.15) is 0 Å². The lowest BCUT2D eigenvalue weighted by atomic mass is 10.3. The molecule has 1 unspecified atom stereocenters. The quantitative estimate of drug-likeness (QED) is 0.283. The van der Waals surface area contributed by atoms with Gasteiger partial charge in [-0.1, -0.05) is 19.6 Å². The summed E-state index contributed by atoms with van der Waals surface area (Å²) in [6.45, 7) is 6.23. The van der Waals surface area contributed by atoms with Crippen molar-refractivity contribution >= 4 is 0 Å². The summed E-state index contributed by atoms with van der Waals surface area (Å²) in [7, 11) is 3.91. The van der Waals surface area contributed by atoms with Crippen molar-refractivity contribution in [2.75, 3.05) is 20.6 Å². The zero-order chi connectivity index (χ0) is 11.1. The highest BCUT2D eigenvalue weighted by Crippen LogP contribution is 2.05. The third-order valence-corrected chi connectivity index (χ3v) is 1.75. The molecule has 14 heavy (non-hydrogen) atoms.